The molecule has 9 nitrogen and oxygen atoms in total. The molecule has 0 spiro atoms. The Bertz CT molecular complexity index is 1090. The number of hydrogen-bond acceptors (Lipinski definition) is 7. The predicted molar refractivity (Wildman–Crippen MR) is 148 cm³/mol. The lowest BCUT2D eigenvalue weighted by Crippen LogP contribution is -2.71. The SMILES string of the molecule is CC(OC(=O)NC(C(=O)NC1C(=O)N2C(C(=O)OCC(Cl)(Cl)Cl)C(C)(CBr)S[C@H]12)c1ccccc1)C1CC1. The van der Waals surface area contributed by atoms with E-state index in [1.54, 1.807) is 30.3 Å². The summed E-state index contributed by atoms with van der Waals surface area (Å²) in [6.45, 7) is 3.16. The number of fused-ring (bicyclic) bond motifs is 1. The molecule has 38 heavy (non-hydrogen) atoms. The van der Waals surface area contributed by atoms with Crippen LogP contribution in [-0.2, 0) is 23.9 Å². The van der Waals surface area contributed by atoms with Crippen molar-refractivity contribution < 1.29 is 28.7 Å². The van der Waals surface area contributed by atoms with E-state index >= 15 is 0 Å². The standard InChI is InChI=1S/C24H27BrCl3N3O6S/c1-12(13-8-9-13)37-22(35)30-15(14-6-4-3-5-7-14)18(32)29-16-19(33)31-17(21(34)36-11-24(26,27)28)23(2,10-25)38-20(16)31/h3-7,12-13,15-17,20H,8-11H2,1-2H3,(H,29,32)(H,30,35)/t12?,15?,16?,17?,20-,23?/m1/s1. The van der Waals surface area contributed by atoms with Gasteiger partial charge in [0, 0.05) is 5.33 Å². The molecule has 1 saturated carbocycles. The predicted octanol–water partition coefficient (Wildman–Crippen LogP) is 4.09. The molecule has 2 saturated heterocycles. The van der Waals surface area contributed by atoms with Gasteiger partial charge in [-0.3, -0.25) is 9.59 Å². The molecule has 2 aliphatic heterocycles. The number of ether oxygens (including phenoxy) is 2. The summed E-state index contributed by atoms with van der Waals surface area (Å²) >= 11 is 21.9. The van der Waals surface area contributed by atoms with Crippen LogP contribution in [0.5, 0.6) is 0 Å². The normalized spacial score (nSPS) is 28.0. The maximum Gasteiger partial charge on any atom is 0.408 e. The van der Waals surface area contributed by atoms with Crippen molar-refractivity contribution in [2.75, 3.05) is 11.9 Å². The van der Waals surface area contributed by atoms with Crippen molar-refractivity contribution in [3.05, 3.63) is 35.9 Å². The van der Waals surface area contributed by atoms with E-state index in [1.807, 2.05) is 13.8 Å². The fourth-order valence-electron chi connectivity index (χ4n) is 4.52. The Labute approximate surface area is 248 Å². The van der Waals surface area contributed by atoms with Crippen LogP contribution in [0.4, 0.5) is 4.79 Å². The van der Waals surface area contributed by atoms with Crippen LogP contribution < -0.4 is 10.6 Å². The summed E-state index contributed by atoms with van der Waals surface area (Å²) in [5.74, 6) is -1.40. The van der Waals surface area contributed by atoms with Crippen LogP contribution in [0.2, 0.25) is 0 Å². The van der Waals surface area contributed by atoms with Crippen LogP contribution in [0.1, 0.15) is 38.3 Å². The lowest BCUT2D eigenvalue weighted by Gasteiger charge is -2.44. The highest BCUT2D eigenvalue weighted by Crippen LogP contribution is 2.52. The smallest absolute Gasteiger partial charge is 0.408 e. The summed E-state index contributed by atoms with van der Waals surface area (Å²) in [5, 5.41) is 5.22. The van der Waals surface area contributed by atoms with Crippen LogP contribution in [-0.4, -0.2) is 72.8 Å². The Morgan fingerprint density at radius 2 is 1.89 bits per heavy atom. The highest BCUT2D eigenvalue weighted by molar-refractivity contribution is 9.09. The number of carbonyl (C=O) groups excluding carboxylic acids is 4. The van der Waals surface area contributed by atoms with Gasteiger partial charge in [0.25, 0.3) is 0 Å². The van der Waals surface area contributed by atoms with Crippen LogP contribution >= 0.6 is 62.5 Å². The van der Waals surface area contributed by atoms with Gasteiger partial charge >= 0.3 is 12.1 Å². The minimum atomic E-state index is -1.79. The van der Waals surface area contributed by atoms with Gasteiger partial charge in [-0.15, -0.1) is 11.8 Å². The van der Waals surface area contributed by atoms with E-state index in [0.717, 1.165) is 12.8 Å². The molecule has 208 valence electrons. The zero-order valence-corrected chi connectivity index (χ0v) is 25.2. The van der Waals surface area contributed by atoms with Gasteiger partial charge in [0.15, 0.2) is 0 Å². The third-order valence-electron chi connectivity index (χ3n) is 6.73. The van der Waals surface area contributed by atoms with E-state index < -0.39 is 62.5 Å². The second kappa shape index (κ2) is 11.6. The first-order valence-corrected chi connectivity index (χ1v) is 15.1. The maximum atomic E-state index is 13.4. The molecule has 1 aromatic carbocycles. The van der Waals surface area contributed by atoms with Gasteiger partial charge in [-0.1, -0.05) is 81.1 Å². The van der Waals surface area contributed by atoms with Crippen LogP contribution in [0.15, 0.2) is 30.3 Å². The van der Waals surface area contributed by atoms with Crippen LogP contribution in [0.3, 0.4) is 0 Å². The molecule has 2 N–H and O–H groups in total. The molecule has 0 aromatic heterocycles. The lowest BCUT2D eigenvalue weighted by atomic mass is 9.95. The van der Waals surface area contributed by atoms with Crippen molar-refractivity contribution in [3.63, 3.8) is 0 Å². The zero-order valence-electron chi connectivity index (χ0n) is 20.5. The van der Waals surface area contributed by atoms with Gasteiger partial charge in [-0.25, -0.2) is 9.59 Å². The summed E-state index contributed by atoms with van der Waals surface area (Å²) < 4.78 is 8.08. The Hall–Kier alpha value is -1.40. The molecule has 3 fully saturated rings. The van der Waals surface area contributed by atoms with Crippen molar-refractivity contribution in [1.29, 1.82) is 0 Å². The number of hydrogen-bond donors (Lipinski definition) is 2. The summed E-state index contributed by atoms with van der Waals surface area (Å²) in [4.78, 5) is 53.5. The summed E-state index contributed by atoms with van der Waals surface area (Å²) in [5.41, 5.74) is 0.530. The lowest BCUT2D eigenvalue weighted by molar-refractivity contribution is -0.164. The van der Waals surface area contributed by atoms with Crippen molar-refractivity contribution in [2.24, 2.45) is 5.92 Å². The Kier molecular flexibility index (Phi) is 9.03. The largest absolute Gasteiger partial charge is 0.460 e. The molecule has 3 amide bonds. The molecule has 1 aromatic rings. The van der Waals surface area contributed by atoms with E-state index in [9.17, 15) is 19.2 Å². The molecule has 0 bridgehead atoms. The number of halogens is 4. The minimum Gasteiger partial charge on any atom is -0.460 e. The number of nitrogens with zero attached hydrogens (tertiary/aromatic N) is 1. The van der Waals surface area contributed by atoms with Crippen molar-refractivity contribution in [3.8, 4) is 0 Å². The summed E-state index contributed by atoms with van der Waals surface area (Å²) in [6, 6.07) is 5.73. The van der Waals surface area contributed by atoms with Gasteiger partial charge in [-0.2, -0.15) is 0 Å². The number of thioether (sulfide) groups is 1. The van der Waals surface area contributed by atoms with Gasteiger partial charge < -0.3 is 25.0 Å². The first kappa shape index (κ1) is 29.6. The quantitative estimate of drug-likeness (QED) is 0.231. The van der Waals surface area contributed by atoms with Crippen LogP contribution in [0, 0.1) is 5.92 Å². The topological polar surface area (TPSA) is 114 Å². The molecule has 3 aliphatic rings. The number of alkyl carbamates (subject to hydrolysis) is 1. The van der Waals surface area contributed by atoms with Crippen molar-refractivity contribution >= 4 is 86.4 Å². The van der Waals surface area contributed by atoms with E-state index in [1.165, 1.54) is 16.7 Å². The molecular weight excluding hydrogens is 645 g/mol. The fraction of sp³-hybridized carbons (Fsp3) is 0.583. The third kappa shape index (κ3) is 6.49. The minimum absolute atomic E-state index is 0.258. The molecule has 14 heteroatoms. The Morgan fingerprint density at radius 1 is 1.24 bits per heavy atom. The number of β-lactam (4-membered cyclic amide) rings is 1. The first-order valence-electron chi connectivity index (χ1n) is 12.0. The van der Waals surface area contributed by atoms with E-state index in [4.69, 9.17) is 44.3 Å². The number of benzene rings is 1. The fourth-order valence-corrected chi connectivity index (χ4v) is 7.00. The summed E-state index contributed by atoms with van der Waals surface area (Å²) in [6.07, 6.45) is 1.03. The molecule has 0 radical (unpaired) electrons. The van der Waals surface area contributed by atoms with E-state index in [0.29, 0.717) is 16.8 Å². The number of carbonyl (C=O) groups is 4. The van der Waals surface area contributed by atoms with Gasteiger partial charge in [0.05, 0.1) is 4.75 Å². The van der Waals surface area contributed by atoms with Gasteiger partial charge in [-0.05, 0) is 38.2 Å². The van der Waals surface area contributed by atoms with Gasteiger partial charge in [0.2, 0.25) is 15.6 Å². The Balaban J connectivity index is 1.46. The Morgan fingerprint density at radius 3 is 2.47 bits per heavy atom. The average molecular weight is 672 g/mol. The number of alkyl halides is 4. The number of amides is 3. The first-order chi connectivity index (χ1) is 17.8. The molecule has 6 atom stereocenters. The second-order valence-electron chi connectivity index (χ2n) is 9.75. The molecule has 5 unspecified atom stereocenters. The average Bonchev–Trinajstić information content (AvgIpc) is 3.68. The number of rotatable bonds is 9. The van der Waals surface area contributed by atoms with Gasteiger partial charge in [0.1, 0.15) is 36.2 Å². The molecule has 1 aliphatic carbocycles. The maximum absolute atomic E-state index is 13.4. The van der Waals surface area contributed by atoms with Crippen molar-refractivity contribution in [1.82, 2.24) is 15.5 Å². The number of nitrogens with one attached hydrogen (secondary N) is 2. The highest BCUT2D eigenvalue weighted by atomic mass is 79.9. The zero-order chi connectivity index (χ0) is 27.8. The highest BCUT2D eigenvalue weighted by Gasteiger charge is 2.66. The van der Waals surface area contributed by atoms with Crippen LogP contribution in [0.25, 0.3) is 0 Å². The second-order valence-corrected chi connectivity index (χ2v) is 14.5. The third-order valence-corrected chi connectivity index (χ3v) is 10.2. The monoisotopic (exact) mass is 669 g/mol. The number of esters is 1. The van der Waals surface area contributed by atoms with E-state index in [2.05, 4.69) is 26.6 Å². The van der Waals surface area contributed by atoms with E-state index in [-0.39, 0.29) is 6.10 Å². The molecule has 2 heterocycles. The molecule has 4 rings (SSSR count). The van der Waals surface area contributed by atoms with Crippen molar-refractivity contribution in [2.45, 2.75) is 64.8 Å². The molecular formula is C24H27BrCl3N3O6S. The summed E-state index contributed by atoms with van der Waals surface area (Å²) in [7, 11) is 0.